The highest BCUT2D eigenvalue weighted by atomic mass is 16.5. The smallest absolute Gasteiger partial charge is 0.224 e. The topological polar surface area (TPSA) is 64.3 Å². The lowest BCUT2D eigenvalue weighted by Crippen LogP contribution is -2.36. The molecular formula is C22H30N2O2. The van der Waals surface area contributed by atoms with Crippen LogP contribution >= 0.6 is 0 Å². The van der Waals surface area contributed by atoms with E-state index in [1.807, 2.05) is 61.5 Å². The number of hydrogen-bond donors (Lipinski definition) is 2. The first-order chi connectivity index (χ1) is 12.5. The number of hydrogen-bond acceptors (Lipinski definition) is 3. The molecule has 4 nitrogen and oxygen atoms in total. The fourth-order valence-corrected chi connectivity index (χ4v) is 2.63. The SMILES string of the molecule is CC(C)COc1ccc(CCNC(=O)C(C)C(N)c2ccccc2)cc1. The van der Waals surface area contributed by atoms with Crippen LogP contribution in [0.5, 0.6) is 5.75 Å². The van der Waals surface area contributed by atoms with Crippen molar-refractivity contribution >= 4 is 5.91 Å². The van der Waals surface area contributed by atoms with Crippen LogP contribution in [-0.2, 0) is 11.2 Å². The van der Waals surface area contributed by atoms with Crippen molar-refractivity contribution in [2.24, 2.45) is 17.6 Å². The lowest BCUT2D eigenvalue weighted by molar-refractivity contribution is -0.125. The Balaban J connectivity index is 1.77. The Hall–Kier alpha value is -2.33. The zero-order valence-corrected chi connectivity index (χ0v) is 15.9. The van der Waals surface area contributed by atoms with Gasteiger partial charge in [-0.1, -0.05) is 63.2 Å². The van der Waals surface area contributed by atoms with Crippen molar-refractivity contribution in [3.8, 4) is 5.75 Å². The predicted octanol–water partition coefficient (Wildman–Crippen LogP) is 3.72. The highest BCUT2D eigenvalue weighted by molar-refractivity contribution is 5.79. The summed E-state index contributed by atoms with van der Waals surface area (Å²) in [5.74, 6) is 1.10. The van der Waals surface area contributed by atoms with Gasteiger partial charge in [0, 0.05) is 12.6 Å². The molecule has 0 saturated carbocycles. The van der Waals surface area contributed by atoms with Crippen LogP contribution in [0.25, 0.3) is 0 Å². The number of nitrogens with one attached hydrogen (secondary N) is 1. The molecule has 4 heteroatoms. The van der Waals surface area contributed by atoms with Gasteiger partial charge in [0.15, 0.2) is 0 Å². The van der Waals surface area contributed by atoms with E-state index in [-0.39, 0.29) is 17.9 Å². The summed E-state index contributed by atoms with van der Waals surface area (Å²) in [6, 6.07) is 17.5. The molecule has 2 aromatic carbocycles. The molecule has 1 amide bonds. The molecule has 0 aliphatic carbocycles. The molecule has 2 aromatic rings. The summed E-state index contributed by atoms with van der Waals surface area (Å²) in [6.45, 7) is 7.43. The number of benzene rings is 2. The van der Waals surface area contributed by atoms with E-state index >= 15 is 0 Å². The molecule has 0 bridgehead atoms. The Morgan fingerprint density at radius 1 is 1.04 bits per heavy atom. The molecular weight excluding hydrogens is 324 g/mol. The van der Waals surface area contributed by atoms with Crippen molar-refractivity contribution in [1.82, 2.24) is 5.32 Å². The van der Waals surface area contributed by atoms with Crippen LogP contribution in [0, 0.1) is 11.8 Å². The highest BCUT2D eigenvalue weighted by Crippen LogP contribution is 2.19. The Morgan fingerprint density at radius 3 is 2.31 bits per heavy atom. The molecule has 2 rings (SSSR count). The highest BCUT2D eigenvalue weighted by Gasteiger charge is 2.21. The molecule has 3 N–H and O–H groups in total. The van der Waals surface area contributed by atoms with Gasteiger partial charge in [-0.05, 0) is 35.6 Å². The molecule has 0 saturated heterocycles. The van der Waals surface area contributed by atoms with Crippen LogP contribution in [0.2, 0.25) is 0 Å². The first-order valence-electron chi connectivity index (χ1n) is 9.27. The summed E-state index contributed by atoms with van der Waals surface area (Å²) in [7, 11) is 0. The minimum absolute atomic E-state index is 0.0155. The molecule has 0 radical (unpaired) electrons. The van der Waals surface area contributed by atoms with Gasteiger partial charge in [-0.15, -0.1) is 0 Å². The molecule has 0 aromatic heterocycles. The van der Waals surface area contributed by atoms with Gasteiger partial charge in [-0.25, -0.2) is 0 Å². The van der Waals surface area contributed by atoms with E-state index in [1.54, 1.807) is 0 Å². The number of ether oxygens (including phenoxy) is 1. The number of rotatable bonds is 9. The average molecular weight is 354 g/mol. The zero-order valence-electron chi connectivity index (χ0n) is 15.9. The second-order valence-electron chi connectivity index (χ2n) is 7.11. The molecule has 0 heterocycles. The van der Waals surface area contributed by atoms with Crippen molar-refractivity contribution in [3.63, 3.8) is 0 Å². The number of nitrogens with two attached hydrogens (primary N) is 1. The monoisotopic (exact) mass is 354 g/mol. The lowest BCUT2D eigenvalue weighted by Gasteiger charge is -2.19. The third-order valence-electron chi connectivity index (χ3n) is 4.36. The van der Waals surface area contributed by atoms with Crippen LogP contribution in [0.3, 0.4) is 0 Å². The van der Waals surface area contributed by atoms with Gasteiger partial charge in [0.05, 0.1) is 12.5 Å². The zero-order chi connectivity index (χ0) is 18.9. The predicted molar refractivity (Wildman–Crippen MR) is 106 cm³/mol. The van der Waals surface area contributed by atoms with E-state index in [1.165, 1.54) is 5.56 Å². The molecule has 26 heavy (non-hydrogen) atoms. The third kappa shape index (κ3) is 6.19. The van der Waals surface area contributed by atoms with E-state index in [0.29, 0.717) is 12.5 Å². The Morgan fingerprint density at radius 2 is 1.69 bits per heavy atom. The minimum Gasteiger partial charge on any atom is -0.493 e. The second-order valence-corrected chi connectivity index (χ2v) is 7.11. The van der Waals surface area contributed by atoms with E-state index in [9.17, 15) is 4.79 Å². The minimum atomic E-state index is -0.298. The van der Waals surface area contributed by atoms with E-state index in [0.717, 1.165) is 24.3 Å². The standard InChI is InChI=1S/C22H30N2O2/c1-16(2)15-26-20-11-9-18(10-12-20)13-14-24-22(25)17(3)21(23)19-7-5-4-6-8-19/h4-12,16-17,21H,13-15,23H2,1-3H3,(H,24,25). The molecule has 140 valence electrons. The first-order valence-corrected chi connectivity index (χ1v) is 9.27. The maximum Gasteiger partial charge on any atom is 0.224 e. The Labute approximate surface area is 156 Å². The normalized spacial score (nSPS) is 13.3. The van der Waals surface area contributed by atoms with Gasteiger partial charge in [0.1, 0.15) is 5.75 Å². The Bertz CT molecular complexity index is 668. The number of carbonyl (C=O) groups excluding carboxylic acids is 1. The van der Waals surface area contributed by atoms with Crippen molar-refractivity contribution in [2.45, 2.75) is 33.2 Å². The van der Waals surface area contributed by atoms with Crippen LogP contribution in [0.15, 0.2) is 54.6 Å². The van der Waals surface area contributed by atoms with Crippen molar-refractivity contribution in [1.29, 1.82) is 0 Å². The summed E-state index contributed by atoms with van der Waals surface area (Å²) in [4.78, 5) is 12.3. The number of amides is 1. The second kappa shape index (κ2) is 9.97. The van der Waals surface area contributed by atoms with E-state index in [4.69, 9.17) is 10.5 Å². The van der Waals surface area contributed by atoms with Gasteiger partial charge in [-0.2, -0.15) is 0 Å². The lowest BCUT2D eigenvalue weighted by atomic mass is 9.94. The fourth-order valence-electron chi connectivity index (χ4n) is 2.63. The van der Waals surface area contributed by atoms with Gasteiger partial charge in [-0.3, -0.25) is 4.79 Å². The number of carbonyl (C=O) groups is 1. The van der Waals surface area contributed by atoms with E-state index < -0.39 is 0 Å². The molecule has 0 spiro atoms. The maximum atomic E-state index is 12.3. The molecule has 0 aliphatic rings. The van der Waals surface area contributed by atoms with Crippen molar-refractivity contribution < 1.29 is 9.53 Å². The average Bonchev–Trinajstić information content (AvgIpc) is 2.66. The fraction of sp³-hybridized carbons (Fsp3) is 0.409. The molecule has 0 fully saturated rings. The molecule has 2 atom stereocenters. The summed E-state index contributed by atoms with van der Waals surface area (Å²) in [5.41, 5.74) is 8.36. The van der Waals surface area contributed by atoms with Gasteiger partial charge >= 0.3 is 0 Å². The van der Waals surface area contributed by atoms with Crippen molar-refractivity contribution in [3.05, 3.63) is 65.7 Å². The van der Waals surface area contributed by atoms with Crippen LogP contribution in [0.1, 0.15) is 37.9 Å². The van der Waals surface area contributed by atoms with Crippen LogP contribution in [-0.4, -0.2) is 19.1 Å². The van der Waals surface area contributed by atoms with Gasteiger partial charge in [0.25, 0.3) is 0 Å². The quantitative estimate of drug-likeness (QED) is 0.721. The first kappa shape index (κ1) is 20.0. The summed E-state index contributed by atoms with van der Waals surface area (Å²) < 4.78 is 5.68. The third-order valence-corrected chi connectivity index (χ3v) is 4.36. The van der Waals surface area contributed by atoms with E-state index in [2.05, 4.69) is 19.2 Å². The molecule has 2 unspecified atom stereocenters. The summed E-state index contributed by atoms with van der Waals surface area (Å²) >= 11 is 0. The van der Waals surface area contributed by atoms with Gasteiger partial charge < -0.3 is 15.8 Å². The van der Waals surface area contributed by atoms with Crippen LogP contribution < -0.4 is 15.8 Å². The maximum absolute atomic E-state index is 12.3. The molecule has 0 aliphatic heterocycles. The van der Waals surface area contributed by atoms with Gasteiger partial charge in [0.2, 0.25) is 5.91 Å². The largest absolute Gasteiger partial charge is 0.493 e. The summed E-state index contributed by atoms with van der Waals surface area (Å²) in [6.07, 6.45) is 0.781. The summed E-state index contributed by atoms with van der Waals surface area (Å²) in [5, 5.41) is 2.99. The van der Waals surface area contributed by atoms with Crippen LogP contribution in [0.4, 0.5) is 0 Å². The van der Waals surface area contributed by atoms with Crippen molar-refractivity contribution in [2.75, 3.05) is 13.2 Å². The Kier molecular flexibility index (Phi) is 7.67.